The number of hydrogen-bond acceptors (Lipinski definition) is 5. The van der Waals surface area contributed by atoms with Gasteiger partial charge in [-0.1, -0.05) is 17.7 Å². The monoisotopic (exact) mass is 517 g/mol. The molecule has 1 amide bonds. The molecule has 0 radical (unpaired) electrons. The Morgan fingerprint density at radius 3 is 2.47 bits per heavy atom. The number of rotatable bonds is 6. The fourth-order valence-electron chi connectivity index (χ4n) is 3.47. The first-order chi connectivity index (χ1) is 17.1. The topological polar surface area (TPSA) is 77.8 Å². The molecule has 4 aromatic rings. The number of alkyl halides is 3. The lowest BCUT2D eigenvalue weighted by molar-refractivity contribution is -0.137. The van der Waals surface area contributed by atoms with Gasteiger partial charge in [-0.15, -0.1) is 0 Å². The van der Waals surface area contributed by atoms with Gasteiger partial charge >= 0.3 is 6.18 Å². The zero-order valence-electron chi connectivity index (χ0n) is 19.0. The standard InChI is InChI=1S/C26H19ClF3NO5/c1-14-10-21-19(12-20(14)27)23(33)25(24(36-21)15-6-8-18(34-2)9-7-15)35-13-22(32)31-17-5-3-4-16(11-17)26(28,29)30/h3-12H,13H2,1-2H3,(H,31,32). The minimum absolute atomic E-state index is 0.0680. The molecule has 10 heteroatoms. The fraction of sp³-hybridized carbons (Fsp3) is 0.154. The van der Waals surface area contributed by atoms with Gasteiger partial charge in [0.25, 0.3) is 5.91 Å². The first kappa shape index (κ1) is 25.1. The second-order valence-corrected chi connectivity index (χ2v) is 8.24. The van der Waals surface area contributed by atoms with Crippen molar-refractivity contribution in [2.45, 2.75) is 13.1 Å². The Kier molecular flexibility index (Phi) is 6.94. The maximum Gasteiger partial charge on any atom is 0.416 e. The number of aryl methyl sites for hydroxylation is 1. The van der Waals surface area contributed by atoms with Gasteiger partial charge in [0.05, 0.1) is 18.1 Å². The highest BCUT2D eigenvalue weighted by molar-refractivity contribution is 6.32. The largest absolute Gasteiger partial charge is 0.497 e. The van der Waals surface area contributed by atoms with E-state index in [1.54, 1.807) is 37.3 Å². The highest BCUT2D eigenvalue weighted by Crippen LogP contribution is 2.34. The molecule has 0 atom stereocenters. The quantitative estimate of drug-likeness (QED) is 0.317. The van der Waals surface area contributed by atoms with E-state index in [2.05, 4.69) is 5.32 Å². The number of hydrogen-bond donors (Lipinski definition) is 1. The normalized spacial score (nSPS) is 11.4. The molecular formula is C26H19ClF3NO5. The average molecular weight is 518 g/mol. The van der Waals surface area contributed by atoms with Gasteiger partial charge in [-0.25, -0.2) is 0 Å². The van der Waals surface area contributed by atoms with Crippen LogP contribution in [0, 0.1) is 6.92 Å². The van der Waals surface area contributed by atoms with Crippen molar-refractivity contribution in [1.82, 2.24) is 0 Å². The molecule has 1 aromatic heterocycles. The molecule has 0 saturated carbocycles. The van der Waals surface area contributed by atoms with Gasteiger partial charge in [0.1, 0.15) is 11.3 Å². The molecule has 0 fully saturated rings. The zero-order valence-corrected chi connectivity index (χ0v) is 19.8. The van der Waals surface area contributed by atoms with Crippen LogP contribution in [-0.4, -0.2) is 19.6 Å². The summed E-state index contributed by atoms with van der Waals surface area (Å²) in [7, 11) is 1.51. The van der Waals surface area contributed by atoms with Crippen molar-refractivity contribution in [1.29, 1.82) is 0 Å². The van der Waals surface area contributed by atoms with Crippen LogP contribution in [0.3, 0.4) is 0 Å². The summed E-state index contributed by atoms with van der Waals surface area (Å²) < 4.78 is 55.6. The van der Waals surface area contributed by atoms with Gasteiger partial charge in [0.2, 0.25) is 11.2 Å². The molecule has 0 saturated heterocycles. The number of halogens is 4. The molecule has 0 aliphatic rings. The van der Waals surface area contributed by atoms with E-state index in [1.165, 1.54) is 25.3 Å². The molecule has 6 nitrogen and oxygen atoms in total. The Balaban J connectivity index is 1.68. The molecule has 0 aliphatic carbocycles. The highest BCUT2D eigenvalue weighted by atomic mass is 35.5. The molecule has 1 N–H and O–H groups in total. The Hall–Kier alpha value is -3.98. The van der Waals surface area contributed by atoms with E-state index < -0.39 is 29.7 Å². The van der Waals surface area contributed by atoms with E-state index >= 15 is 0 Å². The minimum Gasteiger partial charge on any atom is -0.497 e. The number of carbonyl (C=O) groups is 1. The SMILES string of the molecule is COc1ccc(-c2oc3cc(C)c(Cl)cc3c(=O)c2OCC(=O)Nc2cccc(C(F)(F)F)c2)cc1. The van der Waals surface area contributed by atoms with E-state index in [0.29, 0.717) is 21.9 Å². The van der Waals surface area contributed by atoms with Crippen molar-refractivity contribution in [2.24, 2.45) is 0 Å². The summed E-state index contributed by atoms with van der Waals surface area (Å²) in [6.07, 6.45) is -4.56. The predicted molar refractivity (Wildman–Crippen MR) is 130 cm³/mol. The second kappa shape index (κ2) is 9.94. The van der Waals surface area contributed by atoms with Crippen molar-refractivity contribution in [3.05, 3.63) is 87.0 Å². The first-order valence-electron chi connectivity index (χ1n) is 10.6. The van der Waals surface area contributed by atoms with Crippen molar-refractivity contribution in [2.75, 3.05) is 19.0 Å². The fourth-order valence-corrected chi connectivity index (χ4v) is 3.63. The van der Waals surface area contributed by atoms with Crippen molar-refractivity contribution in [3.63, 3.8) is 0 Å². The minimum atomic E-state index is -4.56. The lowest BCUT2D eigenvalue weighted by Crippen LogP contribution is -2.23. The van der Waals surface area contributed by atoms with E-state index in [4.69, 9.17) is 25.5 Å². The Labute approximate surface area is 208 Å². The Morgan fingerprint density at radius 2 is 1.81 bits per heavy atom. The molecule has 1 heterocycles. The number of anilines is 1. The third-order valence-electron chi connectivity index (χ3n) is 5.30. The van der Waals surface area contributed by atoms with Gasteiger partial charge < -0.3 is 19.2 Å². The molecule has 186 valence electrons. The van der Waals surface area contributed by atoms with Crippen molar-refractivity contribution in [3.8, 4) is 22.8 Å². The number of carbonyl (C=O) groups excluding carboxylic acids is 1. The molecule has 36 heavy (non-hydrogen) atoms. The van der Waals surface area contributed by atoms with E-state index in [-0.39, 0.29) is 28.2 Å². The summed E-state index contributed by atoms with van der Waals surface area (Å²) in [5, 5.41) is 2.83. The second-order valence-electron chi connectivity index (χ2n) is 7.83. The van der Waals surface area contributed by atoms with Gasteiger partial charge in [0.15, 0.2) is 12.4 Å². The summed E-state index contributed by atoms with van der Waals surface area (Å²) in [6.45, 7) is 1.10. The summed E-state index contributed by atoms with van der Waals surface area (Å²) in [4.78, 5) is 25.8. The van der Waals surface area contributed by atoms with Crippen molar-refractivity contribution < 1.29 is 31.9 Å². The lowest BCUT2D eigenvalue weighted by atomic mass is 10.1. The van der Waals surface area contributed by atoms with Crippen LogP contribution in [0.25, 0.3) is 22.3 Å². The van der Waals surface area contributed by atoms with Crippen LogP contribution in [0.15, 0.2) is 69.9 Å². The maximum atomic E-state index is 13.3. The molecule has 4 rings (SSSR count). The zero-order chi connectivity index (χ0) is 26.0. The van der Waals surface area contributed by atoms with Crippen LogP contribution in [0.2, 0.25) is 5.02 Å². The molecule has 3 aromatic carbocycles. The third-order valence-corrected chi connectivity index (χ3v) is 5.71. The average Bonchev–Trinajstić information content (AvgIpc) is 2.84. The number of fused-ring (bicyclic) bond motifs is 1. The first-order valence-corrected chi connectivity index (χ1v) is 11.0. The lowest BCUT2D eigenvalue weighted by Gasteiger charge is -2.13. The number of ether oxygens (including phenoxy) is 2. The van der Waals surface area contributed by atoms with Crippen molar-refractivity contribution >= 4 is 34.2 Å². The number of benzene rings is 3. The third kappa shape index (κ3) is 5.31. The van der Waals surface area contributed by atoms with E-state index in [1.807, 2.05) is 0 Å². The molecule has 0 aliphatic heterocycles. The Morgan fingerprint density at radius 1 is 1.08 bits per heavy atom. The van der Waals surface area contributed by atoms with E-state index in [0.717, 1.165) is 12.1 Å². The smallest absolute Gasteiger partial charge is 0.416 e. The highest BCUT2D eigenvalue weighted by Gasteiger charge is 2.30. The van der Waals surface area contributed by atoms with Crippen LogP contribution < -0.4 is 20.2 Å². The van der Waals surface area contributed by atoms with Crippen LogP contribution in [0.5, 0.6) is 11.5 Å². The van der Waals surface area contributed by atoms with Gasteiger partial charge in [0, 0.05) is 16.3 Å². The summed E-state index contributed by atoms with van der Waals surface area (Å²) in [5.74, 6) is -0.362. The predicted octanol–water partition coefficient (Wildman–Crippen LogP) is 6.47. The van der Waals surface area contributed by atoms with Gasteiger partial charge in [-0.3, -0.25) is 9.59 Å². The van der Waals surface area contributed by atoms with Crippen LogP contribution >= 0.6 is 11.6 Å². The molecule has 0 unspecified atom stereocenters. The molecule has 0 spiro atoms. The molecule has 0 bridgehead atoms. The number of methoxy groups -OCH3 is 1. The summed E-state index contributed by atoms with van der Waals surface area (Å²) in [6, 6.07) is 13.9. The van der Waals surface area contributed by atoms with Gasteiger partial charge in [-0.05, 0) is 67.1 Å². The van der Waals surface area contributed by atoms with Crippen LogP contribution in [-0.2, 0) is 11.0 Å². The molecular weight excluding hydrogens is 499 g/mol. The maximum absolute atomic E-state index is 13.3. The van der Waals surface area contributed by atoms with Crippen LogP contribution in [0.4, 0.5) is 18.9 Å². The Bertz CT molecular complexity index is 1500. The number of nitrogens with one attached hydrogen (secondary N) is 1. The van der Waals surface area contributed by atoms with E-state index in [9.17, 15) is 22.8 Å². The number of amides is 1. The summed E-state index contributed by atoms with van der Waals surface area (Å²) in [5.41, 5.74) is -0.0888. The van der Waals surface area contributed by atoms with Gasteiger partial charge in [-0.2, -0.15) is 13.2 Å². The summed E-state index contributed by atoms with van der Waals surface area (Å²) >= 11 is 6.19. The van der Waals surface area contributed by atoms with Crippen LogP contribution in [0.1, 0.15) is 11.1 Å².